The second-order valence-electron chi connectivity index (χ2n) is 2.01. The third kappa shape index (κ3) is 4.21. The van der Waals surface area contributed by atoms with E-state index < -0.39 is 6.03 Å². The number of aliphatic hydroxyl groups excluding tert-OH is 2. The molecule has 0 rings (SSSR count). The molecule has 0 aromatic heterocycles. The van der Waals surface area contributed by atoms with Gasteiger partial charge in [-0.05, 0) is 12.2 Å². The molecule has 0 bridgehead atoms. The van der Waals surface area contributed by atoms with Crippen LogP contribution in [0, 0.1) is 0 Å². The van der Waals surface area contributed by atoms with Gasteiger partial charge in [-0.25, -0.2) is 4.79 Å². The average Bonchev–Trinajstić information content (AvgIpc) is 2.04. The number of nitrogens with two attached hydrogens (primary N) is 1. The molecule has 4 N–H and O–H groups in total. The summed E-state index contributed by atoms with van der Waals surface area (Å²) in [6.07, 6.45) is 4.41. The van der Waals surface area contributed by atoms with E-state index in [-0.39, 0.29) is 13.1 Å². The van der Waals surface area contributed by atoms with Crippen LogP contribution in [0.25, 0.3) is 0 Å². The highest BCUT2D eigenvalue weighted by atomic mass is 16.2. The Labute approximate surface area is 70.4 Å². The molecule has 0 fully saturated rings. The van der Waals surface area contributed by atoms with Crippen LogP contribution in [0.5, 0.6) is 0 Å². The Bertz CT molecular complexity index is 175. The van der Waals surface area contributed by atoms with Gasteiger partial charge in [-0.1, -0.05) is 0 Å². The largest absolute Gasteiger partial charge is 0.516 e. The summed E-state index contributed by atoms with van der Waals surface area (Å²) in [5, 5.41) is 16.6. The van der Waals surface area contributed by atoms with Gasteiger partial charge in [-0.3, -0.25) is 0 Å². The molecule has 0 aromatic carbocycles. The second-order valence-corrected chi connectivity index (χ2v) is 2.01. The van der Waals surface area contributed by atoms with Gasteiger partial charge in [0, 0.05) is 13.1 Å². The molecular weight excluding hydrogens is 160 g/mol. The predicted molar refractivity (Wildman–Crippen MR) is 44.7 cm³/mol. The quantitative estimate of drug-likeness (QED) is 0.540. The summed E-state index contributed by atoms with van der Waals surface area (Å²) in [5.74, 6) is 0. The summed E-state index contributed by atoms with van der Waals surface area (Å²) in [7, 11) is 0. The van der Waals surface area contributed by atoms with E-state index in [4.69, 9.17) is 15.9 Å². The molecule has 0 aromatic rings. The number of aliphatic hydroxyl groups is 2. The van der Waals surface area contributed by atoms with Gasteiger partial charge in [-0.15, -0.1) is 0 Å². The number of urea groups is 1. The number of carbonyl (C=O) groups is 1. The topological polar surface area (TPSA) is 86.8 Å². The lowest BCUT2D eigenvalue weighted by Gasteiger charge is -2.15. The molecule has 68 valence electrons. The summed E-state index contributed by atoms with van der Waals surface area (Å²) < 4.78 is 0. The lowest BCUT2D eigenvalue weighted by atomic mass is 10.4. The molecule has 0 radical (unpaired) electrons. The van der Waals surface area contributed by atoms with Crippen LogP contribution in [0.4, 0.5) is 4.79 Å². The summed E-state index contributed by atoms with van der Waals surface area (Å²) >= 11 is 0. The molecular formula is C7H12N2O3. The van der Waals surface area contributed by atoms with E-state index in [9.17, 15) is 4.79 Å². The van der Waals surface area contributed by atoms with Gasteiger partial charge >= 0.3 is 6.03 Å². The molecule has 0 aliphatic heterocycles. The number of amides is 2. The van der Waals surface area contributed by atoms with Crippen molar-refractivity contribution in [3.8, 4) is 0 Å². The Hall–Kier alpha value is -1.65. The van der Waals surface area contributed by atoms with Crippen LogP contribution in [0.2, 0.25) is 0 Å². The van der Waals surface area contributed by atoms with Crippen molar-refractivity contribution >= 4 is 6.03 Å². The summed E-state index contributed by atoms with van der Waals surface area (Å²) in [6, 6.07) is -0.605. The van der Waals surface area contributed by atoms with Crippen molar-refractivity contribution in [2.24, 2.45) is 5.73 Å². The number of hydrogen-bond donors (Lipinski definition) is 3. The molecule has 0 heterocycles. The summed E-state index contributed by atoms with van der Waals surface area (Å²) in [6.45, 7) is 0.437. The fourth-order valence-electron chi connectivity index (χ4n) is 0.603. The van der Waals surface area contributed by atoms with Crippen molar-refractivity contribution in [2.45, 2.75) is 0 Å². The number of primary amides is 1. The van der Waals surface area contributed by atoms with Gasteiger partial charge in [0.2, 0.25) is 0 Å². The zero-order chi connectivity index (χ0) is 9.40. The number of nitrogens with zero attached hydrogens (tertiary/aromatic N) is 1. The average molecular weight is 172 g/mol. The van der Waals surface area contributed by atoms with E-state index in [2.05, 4.69) is 0 Å². The molecule has 0 aliphatic rings. The van der Waals surface area contributed by atoms with Gasteiger partial charge in [-0.2, -0.15) is 0 Å². The monoisotopic (exact) mass is 172 g/mol. The maximum Gasteiger partial charge on any atom is 0.315 e. The van der Waals surface area contributed by atoms with Gasteiger partial charge < -0.3 is 20.8 Å². The first kappa shape index (κ1) is 10.3. The molecule has 5 heteroatoms. The maximum atomic E-state index is 10.6. The van der Waals surface area contributed by atoms with E-state index in [1.165, 1.54) is 17.1 Å². The van der Waals surface area contributed by atoms with E-state index in [1.54, 1.807) is 0 Å². The lowest BCUT2D eigenvalue weighted by Crippen LogP contribution is -2.35. The number of hydrogen-bond acceptors (Lipinski definition) is 3. The van der Waals surface area contributed by atoms with Crippen LogP contribution < -0.4 is 5.73 Å². The van der Waals surface area contributed by atoms with Crippen LogP contribution >= 0.6 is 0 Å². The summed E-state index contributed by atoms with van der Waals surface area (Å²) in [5.41, 5.74) is 4.97. The highest BCUT2D eigenvalue weighted by Crippen LogP contribution is 1.88. The fraction of sp³-hybridized carbons (Fsp3) is 0.286. The van der Waals surface area contributed by atoms with Gasteiger partial charge in [0.05, 0.1) is 12.5 Å². The van der Waals surface area contributed by atoms with Crippen molar-refractivity contribution < 1.29 is 15.0 Å². The van der Waals surface area contributed by atoms with Crippen molar-refractivity contribution in [1.29, 1.82) is 0 Å². The smallest absolute Gasteiger partial charge is 0.315 e. The molecule has 0 saturated carbocycles. The first-order valence-electron chi connectivity index (χ1n) is 3.35. The van der Waals surface area contributed by atoms with E-state index >= 15 is 0 Å². The molecule has 0 spiro atoms. The van der Waals surface area contributed by atoms with Crippen LogP contribution in [-0.2, 0) is 0 Å². The highest BCUT2D eigenvalue weighted by Gasteiger charge is 2.03. The Morgan fingerprint density at radius 3 is 1.92 bits per heavy atom. The Morgan fingerprint density at radius 1 is 1.25 bits per heavy atom. The van der Waals surface area contributed by atoms with Crippen molar-refractivity contribution in [3.05, 3.63) is 24.7 Å². The minimum absolute atomic E-state index is 0.218. The van der Waals surface area contributed by atoms with Gasteiger partial charge in [0.25, 0.3) is 0 Å². The minimum atomic E-state index is -0.605. The first-order chi connectivity index (χ1) is 5.72. The zero-order valence-corrected chi connectivity index (χ0v) is 6.55. The minimum Gasteiger partial charge on any atom is -0.516 e. The molecule has 12 heavy (non-hydrogen) atoms. The van der Waals surface area contributed by atoms with Crippen LogP contribution in [-0.4, -0.2) is 34.2 Å². The van der Waals surface area contributed by atoms with Crippen molar-refractivity contribution in [2.75, 3.05) is 13.1 Å². The standard InChI is InChI=1S/C7H12N2O3/c8-7(12)9(3-1-5-10)4-2-6-11/h1-2,5-6,10-11H,3-4H2,(H2,8,12). The molecule has 0 saturated heterocycles. The lowest BCUT2D eigenvalue weighted by molar-refractivity contribution is 0.217. The third-order valence-corrected chi connectivity index (χ3v) is 1.17. The fourth-order valence-corrected chi connectivity index (χ4v) is 0.603. The van der Waals surface area contributed by atoms with Crippen molar-refractivity contribution in [1.82, 2.24) is 4.90 Å². The number of carbonyl (C=O) groups excluding carboxylic acids is 1. The SMILES string of the molecule is NC(=O)N(CC=CO)CC=CO. The third-order valence-electron chi connectivity index (χ3n) is 1.17. The van der Waals surface area contributed by atoms with Crippen molar-refractivity contribution in [3.63, 3.8) is 0 Å². The number of rotatable bonds is 4. The van der Waals surface area contributed by atoms with Crippen LogP contribution in [0.1, 0.15) is 0 Å². The highest BCUT2D eigenvalue weighted by molar-refractivity contribution is 5.72. The Morgan fingerprint density at radius 2 is 1.67 bits per heavy atom. The zero-order valence-electron chi connectivity index (χ0n) is 6.55. The molecule has 2 amide bonds. The summed E-state index contributed by atoms with van der Waals surface area (Å²) in [4.78, 5) is 11.9. The molecule has 0 unspecified atom stereocenters. The van der Waals surface area contributed by atoms with Gasteiger partial charge in [0.1, 0.15) is 0 Å². The Balaban J connectivity index is 3.95. The second kappa shape index (κ2) is 6.09. The molecule has 0 atom stereocenters. The van der Waals surface area contributed by atoms with E-state index in [0.29, 0.717) is 0 Å². The van der Waals surface area contributed by atoms with Crippen LogP contribution in [0.3, 0.4) is 0 Å². The molecule has 5 nitrogen and oxygen atoms in total. The Kier molecular flexibility index (Phi) is 5.25. The normalized spacial score (nSPS) is 11.0. The maximum absolute atomic E-state index is 10.6. The first-order valence-corrected chi connectivity index (χ1v) is 3.35. The van der Waals surface area contributed by atoms with Crippen LogP contribution in [0.15, 0.2) is 24.7 Å². The van der Waals surface area contributed by atoms with Gasteiger partial charge in [0.15, 0.2) is 0 Å². The predicted octanol–water partition coefficient (Wildman–Crippen LogP) is 0.511. The van der Waals surface area contributed by atoms with E-state index in [1.807, 2.05) is 0 Å². The van der Waals surface area contributed by atoms with E-state index in [0.717, 1.165) is 12.5 Å². The molecule has 0 aliphatic carbocycles.